The molecule has 0 saturated heterocycles. The van der Waals surface area contributed by atoms with E-state index in [1.807, 2.05) is 0 Å². The molecule has 1 atom stereocenters. The van der Waals surface area contributed by atoms with E-state index < -0.39 is 12.0 Å². The standard InChI is InChI=1S/C8H13N3O3/c1-2-14-8(13)6(9)3-5-4-10-11-7(5)12/h4,6H,2-3,9H2,1H3,(H2,10,11,12)/t6-/m1/s1. The molecule has 0 amide bonds. The third kappa shape index (κ3) is 2.46. The first-order valence-electron chi connectivity index (χ1n) is 4.32. The first-order valence-corrected chi connectivity index (χ1v) is 4.32. The number of esters is 1. The molecule has 0 saturated carbocycles. The molecule has 6 heteroatoms. The summed E-state index contributed by atoms with van der Waals surface area (Å²) in [6.07, 6.45) is 1.67. The molecule has 14 heavy (non-hydrogen) atoms. The number of carbonyl (C=O) groups excluding carboxylic acids is 1. The molecule has 0 aliphatic carbocycles. The fraction of sp³-hybridized carbons (Fsp3) is 0.500. The lowest BCUT2D eigenvalue weighted by atomic mass is 10.1. The van der Waals surface area contributed by atoms with Crippen molar-refractivity contribution in [2.45, 2.75) is 19.4 Å². The monoisotopic (exact) mass is 199 g/mol. The summed E-state index contributed by atoms with van der Waals surface area (Å²) in [5, 5.41) is 4.89. The van der Waals surface area contributed by atoms with E-state index in [2.05, 4.69) is 10.2 Å². The summed E-state index contributed by atoms with van der Waals surface area (Å²) in [4.78, 5) is 22.2. The lowest BCUT2D eigenvalue weighted by Gasteiger charge is -2.07. The van der Waals surface area contributed by atoms with Crippen molar-refractivity contribution in [1.82, 2.24) is 10.2 Å². The fourth-order valence-corrected chi connectivity index (χ4v) is 1.06. The predicted molar refractivity (Wildman–Crippen MR) is 49.7 cm³/mol. The molecule has 0 fully saturated rings. The second-order valence-corrected chi connectivity index (χ2v) is 2.83. The fourth-order valence-electron chi connectivity index (χ4n) is 1.06. The Kier molecular flexibility index (Phi) is 3.47. The summed E-state index contributed by atoms with van der Waals surface area (Å²) in [6.45, 7) is 1.99. The van der Waals surface area contributed by atoms with Crippen molar-refractivity contribution in [2.75, 3.05) is 6.61 Å². The Balaban J connectivity index is 2.57. The molecule has 1 aromatic heterocycles. The van der Waals surface area contributed by atoms with Gasteiger partial charge in [0.2, 0.25) is 0 Å². The quantitative estimate of drug-likeness (QED) is 0.549. The Morgan fingerprint density at radius 2 is 2.43 bits per heavy atom. The minimum Gasteiger partial charge on any atom is -0.465 e. The van der Waals surface area contributed by atoms with Crippen molar-refractivity contribution in [3.63, 3.8) is 0 Å². The minimum atomic E-state index is -0.785. The van der Waals surface area contributed by atoms with Gasteiger partial charge in [0.25, 0.3) is 5.56 Å². The zero-order valence-corrected chi connectivity index (χ0v) is 7.87. The summed E-state index contributed by atoms with van der Waals surface area (Å²) in [5.41, 5.74) is 5.71. The molecule has 78 valence electrons. The van der Waals surface area contributed by atoms with Gasteiger partial charge in [0.05, 0.1) is 6.61 Å². The van der Waals surface area contributed by atoms with Crippen LogP contribution in [-0.2, 0) is 16.0 Å². The SMILES string of the molecule is CCOC(=O)[C@H](N)Cc1c[nH][nH]c1=O. The van der Waals surface area contributed by atoms with Gasteiger partial charge >= 0.3 is 5.97 Å². The number of H-pyrrole nitrogens is 2. The molecule has 1 heterocycles. The molecule has 0 aliphatic heterocycles. The maximum atomic E-state index is 11.1. The maximum absolute atomic E-state index is 11.1. The van der Waals surface area contributed by atoms with Crippen LogP contribution < -0.4 is 11.3 Å². The van der Waals surface area contributed by atoms with Crippen LogP contribution >= 0.6 is 0 Å². The molecule has 4 N–H and O–H groups in total. The lowest BCUT2D eigenvalue weighted by Crippen LogP contribution is -2.35. The summed E-state index contributed by atoms with van der Waals surface area (Å²) >= 11 is 0. The van der Waals surface area contributed by atoms with E-state index in [0.29, 0.717) is 5.56 Å². The van der Waals surface area contributed by atoms with Crippen LogP contribution in [0.3, 0.4) is 0 Å². The van der Waals surface area contributed by atoms with E-state index in [9.17, 15) is 9.59 Å². The van der Waals surface area contributed by atoms with Crippen LogP contribution in [0.5, 0.6) is 0 Å². The van der Waals surface area contributed by atoms with Gasteiger partial charge in [0, 0.05) is 18.2 Å². The second-order valence-electron chi connectivity index (χ2n) is 2.83. The number of rotatable bonds is 4. The van der Waals surface area contributed by atoms with Crippen molar-refractivity contribution in [1.29, 1.82) is 0 Å². The molecule has 0 aromatic carbocycles. The Morgan fingerprint density at radius 3 is 2.93 bits per heavy atom. The summed E-state index contributed by atoms with van der Waals surface area (Å²) < 4.78 is 4.71. The van der Waals surface area contributed by atoms with E-state index in [-0.39, 0.29) is 18.6 Å². The topological polar surface area (TPSA) is 101 Å². The molecule has 6 nitrogen and oxygen atoms in total. The van der Waals surface area contributed by atoms with Crippen molar-refractivity contribution in [3.8, 4) is 0 Å². The van der Waals surface area contributed by atoms with Crippen LogP contribution in [0.1, 0.15) is 12.5 Å². The number of nitrogens with one attached hydrogen (secondary N) is 2. The van der Waals surface area contributed by atoms with Crippen LogP contribution in [-0.4, -0.2) is 28.8 Å². The van der Waals surface area contributed by atoms with Crippen LogP contribution in [0.2, 0.25) is 0 Å². The Hall–Kier alpha value is -1.56. The maximum Gasteiger partial charge on any atom is 0.323 e. The third-order valence-corrected chi connectivity index (χ3v) is 1.75. The third-order valence-electron chi connectivity index (χ3n) is 1.75. The van der Waals surface area contributed by atoms with Gasteiger partial charge in [-0.3, -0.25) is 14.7 Å². The second kappa shape index (κ2) is 4.61. The van der Waals surface area contributed by atoms with Crippen molar-refractivity contribution in [3.05, 3.63) is 22.1 Å². The predicted octanol–water partition coefficient (Wildman–Crippen LogP) is -0.864. The number of nitrogens with two attached hydrogens (primary N) is 1. The van der Waals surface area contributed by atoms with Crippen molar-refractivity contribution >= 4 is 5.97 Å². The number of carbonyl (C=O) groups is 1. The minimum absolute atomic E-state index is 0.178. The summed E-state index contributed by atoms with van der Waals surface area (Å²) in [6, 6.07) is -0.785. The average Bonchev–Trinajstić information content (AvgIpc) is 2.52. The van der Waals surface area contributed by atoms with Gasteiger partial charge in [-0.05, 0) is 6.92 Å². The molecule has 0 unspecified atom stereocenters. The van der Waals surface area contributed by atoms with E-state index in [4.69, 9.17) is 10.5 Å². The highest BCUT2D eigenvalue weighted by atomic mass is 16.5. The number of aromatic nitrogens is 2. The molecule has 0 aliphatic rings. The highest BCUT2D eigenvalue weighted by Gasteiger charge is 2.16. The highest BCUT2D eigenvalue weighted by Crippen LogP contribution is 1.95. The number of aromatic amines is 2. The van der Waals surface area contributed by atoms with Gasteiger partial charge in [0.15, 0.2) is 0 Å². The van der Waals surface area contributed by atoms with E-state index in [1.165, 1.54) is 6.20 Å². The van der Waals surface area contributed by atoms with E-state index in [0.717, 1.165) is 0 Å². The molecular formula is C8H13N3O3. The van der Waals surface area contributed by atoms with E-state index >= 15 is 0 Å². The summed E-state index contributed by atoms with van der Waals surface area (Å²) in [7, 11) is 0. The summed E-state index contributed by atoms with van der Waals surface area (Å²) in [5.74, 6) is -0.492. The van der Waals surface area contributed by atoms with Crippen LogP contribution in [0.4, 0.5) is 0 Å². The van der Waals surface area contributed by atoms with Crippen molar-refractivity contribution in [2.24, 2.45) is 5.73 Å². The van der Waals surface area contributed by atoms with Gasteiger partial charge in [0.1, 0.15) is 6.04 Å². The van der Waals surface area contributed by atoms with Crippen LogP contribution in [0, 0.1) is 0 Å². The lowest BCUT2D eigenvalue weighted by molar-refractivity contribution is -0.144. The van der Waals surface area contributed by atoms with Crippen molar-refractivity contribution < 1.29 is 9.53 Å². The zero-order chi connectivity index (χ0) is 10.6. The normalized spacial score (nSPS) is 12.4. The number of ether oxygens (including phenoxy) is 1. The van der Waals surface area contributed by atoms with Gasteiger partial charge < -0.3 is 15.6 Å². The van der Waals surface area contributed by atoms with Crippen LogP contribution in [0.15, 0.2) is 11.0 Å². The van der Waals surface area contributed by atoms with Gasteiger partial charge in [-0.15, -0.1) is 0 Å². The average molecular weight is 199 g/mol. The molecular weight excluding hydrogens is 186 g/mol. The first-order chi connectivity index (χ1) is 6.65. The zero-order valence-electron chi connectivity index (χ0n) is 7.87. The van der Waals surface area contributed by atoms with Gasteiger partial charge in [-0.25, -0.2) is 0 Å². The number of hydrogen-bond acceptors (Lipinski definition) is 4. The molecule has 0 spiro atoms. The molecule has 0 radical (unpaired) electrons. The highest BCUT2D eigenvalue weighted by molar-refractivity contribution is 5.75. The largest absolute Gasteiger partial charge is 0.465 e. The van der Waals surface area contributed by atoms with Gasteiger partial charge in [-0.1, -0.05) is 0 Å². The van der Waals surface area contributed by atoms with Gasteiger partial charge in [-0.2, -0.15) is 0 Å². The smallest absolute Gasteiger partial charge is 0.323 e. The first kappa shape index (κ1) is 10.5. The van der Waals surface area contributed by atoms with Crippen LogP contribution in [0.25, 0.3) is 0 Å². The Bertz CT molecular complexity index is 355. The Labute approximate surface area is 80.4 Å². The molecule has 1 aromatic rings. The number of hydrogen-bond donors (Lipinski definition) is 3. The molecule has 0 bridgehead atoms. The van der Waals surface area contributed by atoms with E-state index in [1.54, 1.807) is 6.92 Å². The molecule has 1 rings (SSSR count). The Morgan fingerprint density at radius 1 is 1.71 bits per heavy atom.